The fraction of sp³-hybridized carbons (Fsp3) is 0.217. The lowest BCUT2D eigenvalue weighted by Crippen LogP contribution is -2.06. The van der Waals surface area contributed by atoms with E-state index in [0.717, 1.165) is 33.4 Å². The van der Waals surface area contributed by atoms with E-state index in [2.05, 4.69) is 32.0 Å². The minimum Gasteiger partial charge on any atom is -0.508 e. The monoisotopic (exact) mass is 714 g/mol. The molecule has 0 fully saturated rings. The number of phenolic OH excluding ortho intramolecular Hbond substituents is 7. The molecule has 0 aliphatic carbocycles. The van der Waals surface area contributed by atoms with E-state index in [0.29, 0.717) is 40.8 Å². The molecular formula is C46H50O7. The standard InChI is InChI=1S/C23H24O2.C21H20O5.C2H6/c1-14-9-15(2)11-18(10-14)22(20-7-5-6-8-21(20)24)19-12-16(3)23(25)17(4)13-19;1-12-6-15(8-13-2-4-17(22)10-19(13)24)21(26)16(7-12)9-14-3-5-18(23)11-20(14)25;1-2/h5-13,22,24-25H,1-4H3;2-7,10-11,22-26H,8-9H2,1H3;1-2H3. The van der Waals surface area contributed by atoms with Crippen molar-refractivity contribution in [3.8, 4) is 40.2 Å². The molecule has 6 rings (SSSR count). The highest BCUT2D eigenvalue weighted by atomic mass is 16.3. The van der Waals surface area contributed by atoms with Crippen LogP contribution in [0.15, 0.2) is 103 Å². The number of phenols is 7. The highest BCUT2D eigenvalue weighted by Gasteiger charge is 2.22. The number of rotatable bonds is 7. The summed E-state index contributed by atoms with van der Waals surface area (Å²) in [6.45, 7) is 13.9. The zero-order valence-electron chi connectivity index (χ0n) is 31.4. The van der Waals surface area contributed by atoms with Crippen molar-refractivity contribution < 1.29 is 35.7 Å². The lowest BCUT2D eigenvalue weighted by Gasteiger charge is -2.22. The van der Waals surface area contributed by atoms with Crippen LogP contribution in [0, 0.1) is 34.6 Å². The van der Waals surface area contributed by atoms with Crippen molar-refractivity contribution in [2.24, 2.45) is 0 Å². The summed E-state index contributed by atoms with van der Waals surface area (Å²) in [4.78, 5) is 0. The highest BCUT2D eigenvalue weighted by molar-refractivity contribution is 5.54. The number of hydrogen-bond acceptors (Lipinski definition) is 7. The summed E-state index contributed by atoms with van der Waals surface area (Å²) in [6, 6.07) is 30.4. The van der Waals surface area contributed by atoms with Gasteiger partial charge in [0.05, 0.1) is 0 Å². The highest BCUT2D eigenvalue weighted by Crippen LogP contribution is 2.40. The summed E-state index contributed by atoms with van der Waals surface area (Å²) in [5, 5.41) is 70.1. The van der Waals surface area contributed by atoms with E-state index in [4.69, 9.17) is 0 Å². The topological polar surface area (TPSA) is 142 Å². The van der Waals surface area contributed by atoms with Crippen LogP contribution in [0.1, 0.15) is 86.5 Å². The smallest absolute Gasteiger partial charge is 0.122 e. The second-order valence-corrected chi connectivity index (χ2v) is 13.3. The molecule has 6 aromatic carbocycles. The van der Waals surface area contributed by atoms with Gasteiger partial charge in [-0.15, -0.1) is 0 Å². The van der Waals surface area contributed by atoms with Crippen LogP contribution in [0.4, 0.5) is 0 Å². The van der Waals surface area contributed by atoms with Crippen LogP contribution < -0.4 is 0 Å². The molecule has 0 bridgehead atoms. The van der Waals surface area contributed by atoms with Crippen LogP contribution in [0.25, 0.3) is 0 Å². The van der Waals surface area contributed by atoms with Gasteiger partial charge >= 0.3 is 0 Å². The van der Waals surface area contributed by atoms with E-state index in [1.807, 2.05) is 77.1 Å². The maximum atomic E-state index is 10.7. The molecule has 7 nitrogen and oxygen atoms in total. The van der Waals surface area contributed by atoms with Gasteiger partial charge in [0.1, 0.15) is 40.2 Å². The zero-order chi connectivity index (χ0) is 39.0. The SMILES string of the molecule is CC.Cc1cc(C)cc(C(c2cc(C)c(O)c(C)c2)c2ccccc2O)c1.Cc1cc(Cc2ccc(O)cc2O)c(O)c(Cc2ccc(O)cc2O)c1. The molecule has 276 valence electrons. The van der Waals surface area contributed by atoms with Gasteiger partial charge in [-0.2, -0.15) is 0 Å². The molecule has 0 aliphatic rings. The fourth-order valence-corrected chi connectivity index (χ4v) is 6.63. The van der Waals surface area contributed by atoms with Crippen LogP contribution in [0.3, 0.4) is 0 Å². The van der Waals surface area contributed by atoms with Gasteiger partial charge < -0.3 is 35.7 Å². The Bertz CT molecular complexity index is 2080. The van der Waals surface area contributed by atoms with Crippen molar-refractivity contribution in [1.29, 1.82) is 0 Å². The van der Waals surface area contributed by atoms with Gasteiger partial charge in [0, 0.05) is 36.5 Å². The Kier molecular flexibility index (Phi) is 13.1. The summed E-state index contributed by atoms with van der Waals surface area (Å²) in [6.07, 6.45) is 0.600. The van der Waals surface area contributed by atoms with Gasteiger partial charge in [-0.3, -0.25) is 0 Å². The van der Waals surface area contributed by atoms with Crippen molar-refractivity contribution in [3.63, 3.8) is 0 Å². The van der Waals surface area contributed by atoms with Crippen molar-refractivity contribution in [1.82, 2.24) is 0 Å². The van der Waals surface area contributed by atoms with Crippen LogP contribution in [0.2, 0.25) is 0 Å². The minimum atomic E-state index is -0.0854. The zero-order valence-corrected chi connectivity index (χ0v) is 31.4. The van der Waals surface area contributed by atoms with Crippen molar-refractivity contribution in [2.45, 2.75) is 67.2 Å². The predicted octanol–water partition coefficient (Wildman–Crippen LogP) is 10.2. The molecule has 0 radical (unpaired) electrons. The van der Waals surface area contributed by atoms with E-state index >= 15 is 0 Å². The molecule has 1 atom stereocenters. The first-order chi connectivity index (χ1) is 25.2. The predicted molar refractivity (Wildman–Crippen MR) is 212 cm³/mol. The maximum absolute atomic E-state index is 10.7. The van der Waals surface area contributed by atoms with E-state index in [-0.39, 0.29) is 40.4 Å². The van der Waals surface area contributed by atoms with Gasteiger partial charge in [-0.1, -0.05) is 103 Å². The summed E-state index contributed by atoms with van der Waals surface area (Å²) in [5.41, 5.74) is 10.6. The lowest BCUT2D eigenvalue weighted by molar-refractivity contribution is 0.444. The molecule has 0 saturated carbocycles. The van der Waals surface area contributed by atoms with Gasteiger partial charge in [-0.05, 0) is 97.3 Å². The van der Waals surface area contributed by atoms with Gasteiger partial charge in [0.15, 0.2) is 0 Å². The maximum Gasteiger partial charge on any atom is 0.122 e. The number of hydrogen-bond donors (Lipinski definition) is 7. The van der Waals surface area contributed by atoms with E-state index in [9.17, 15) is 35.7 Å². The van der Waals surface area contributed by atoms with E-state index < -0.39 is 0 Å². The third-order valence-corrected chi connectivity index (χ3v) is 8.98. The Morgan fingerprint density at radius 3 is 1.30 bits per heavy atom. The molecule has 0 heterocycles. The van der Waals surface area contributed by atoms with E-state index in [1.165, 1.54) is 35.4 Å². The van der Waals surface area contributed by atoms with Crippen LogP contribution >= 0.6 is 0 Å². The number of para-hydroxylation sites is 1. The Morgan fingerprint density at radius 2 is 0.849 bits per heavy atom. The fourth-order valence-electron chi connectivity index (χ4n) is 6.63. The summed E-state index contributed by atoms with van der Waals surface area (Å²) >= 11 is 0. The molecule has 1 unspecified atom stereocenters. The minimum absolute atomic E-state index is 0.0248. The number of aryl methyl sites for hydroxylation is 5. The van der Waals surface area contributed by atoms with E-state index in [1.54, 1.807) is 18.2 Å². The quantitative estimate of drug-likeness (QED) is 0.0816. The van der Waals surface area contributed by atoms with Crippen LogP contribution in [-0.2, 0) is 12.8 Å². The van der Waals surface area contributed by atoms with Gasteiger partial charge in [-0.25, -0.2) is 0 Å². The van der Waals surface area contributed by atoms with Crippen molar-refractivity contribution >= 4 is 0 Å². The molecule has 0 amide bonds. The molecule has 7 N–H and O–H groups in total. The molecule has 6 aromatic rings. The van der Waals surface area contributed by atoms with Gasteiger partial charge in [0.25, 0.3) is 0 Å². The molecule has 0 aromatic heterocycles. The van der Waals surface area contributed by atoms with Crippen LogP contribution in [0.5, 0.6) is 40.2 Å². The van der Waals surface area contributed by atoms with Crippen LogP contribution in [-0.4, -0.2) is 35.7 Å². The Morgan fingerprint density at radius 1 is 0.415 bits per heavy atom. The Labute approximate surface area is 312 Å². The molecular weight excluding hydrogens is 664 g/mol. The average Bonchev–Trinajstić information content (AvgIpc) is 3.10. The molecule has 0 aliphatic heterocycles. The summed E-state index contributed by atoms with van der Waals surface area (Å²) in [5.74, 6) is 0.502. The first kappa shape index (κ1) is 39.7. The molecule has 0 spiro atoms. The van der Waals surface area contributed by atoms with Crippen molar-refractivity contribution in [3.05, 3.63) is 170 Å². The first-order valence-electron chi connectivity index (χ1n) is 17.7. The summed E-state index contributed by atoms with van der Waals surface area (Å²) in [7, 11) is 0. The third-order valence-electron chi connectivity index (χ3n) is 8.98. The number of aromatic hydroxyl groups is 7. The normalized spacial score (nSPS) is 11.2. The lowest BCUT2D eigenvalue weighted by atomic mass is 9.82. The Balaban J connectivity index is 0.000000226. The van der Waals surface area contributed by atoms with Crippen molar-refractivity contribution in [2.75, 3.05) is 0 Å². The number of benzene rings is 6. The molecule has 0 saturated heterocycles. The largest absolute Gasteiger partial charge is 0.508 e. The molecule has 53 heavy (non-hydrogen) atoms. The third kappa shape index (κ3) is 9.83. The second kappa shape index (κ2) is 17.4. The summed E-state index contributed by atoms with van der Waals surface area (Å²) < 4.78 is 0. The second-order valence-electron chi connectivity index (χ2n) is 13.3. The average molecular weight is 715 g/mol. The first-order valence-corrected chi connectivity index (χ1v) is 17.7. The Hall–Kier alpha value is -6.08. The molecule has 7 heteroatoms. The van der Waals surface area contributed by atoms with Gasteiger partial charge in [0.2, 0.25) is 0 Å².